The van der Waals surface area contributed by atoms with Gasteiger partial charge < -0.3 is 15.0 Å². The zero-order valence-corrected chi connectivity index (χ0v) is 24.7. The van der Waals surface area contributed by atoms with Gasteiger partial charge in [-0.2, -0.15) is 0 Å². The third kappa shape index (κ3) is 5.54. The summed E-state index contributed by atoms with van der Waals surface area (Å²) in [6, 6.07) is 18.0. The molecule has 1 fully saturated rings. The molecule has 6 rings (SSSR count). The smallest absolute Gasteiger partial charge is 0.242 e. The number of benzene rings is 3. The quantitative estimate of drug-likeness (QED) is 0.341. The van der Waals surface area contributed by atoms with Crippen LogP contribution in [0.15, 0.2) is 65.8 Å². The van der Waals surface area contributed by atoms with Gasteiger partial charge in [0.1, 0.15) is 17.9 Å². The molecule has 0 amide bonds. The molecule has 4 aromatic rings. The van der Waals surface area contributed by atoms with Crippen LogP contribution in [0.25, 0.3) is 22.0 Å². The number of aryl methyl sites for hydroxylation is 1. The number of anilines is 1. The molecule has 41 heavy (non-hydrogen) atoms. The van der Waals surface area contributed by atoms with E-state index >= 15 is 0 Å². The Balaban J connectivity index is 1.30. The first-order valence-corrected chi connectivity index (χ1v) is 15.7. The van der Waals surface area contributed by atoms with Gasteiger partial charge in [0, 0.05) is 32.1 Å². The van der Waals surface area contributed by atoms with Crippen molar-refractivity contribution in [2.24, 2.45) is 5.92 Å². The maximum Gasteiger partial charge on any atom is 0.242 e. The molecular weight excluding hydrogens is 534 g/mol. The zero-order chi connectivity index (χ0) is 28.6. The Hall–Kier alpha value is -3.53. The number of rotatable bonds is 7. The van der Waals surface area contributed by atoms with Crippen LogP contribution in [0, 0.1) is 12.8 Å². The number of aromatic nitrogens is 2. The maximum atomic E-state index is 13.5. The van der Waals surface area contributed by atoms with Gasteiger partial charge >= 0.3 is 0 Å². The zero-order valence-electron chi connectivity index (χ0n) is 23.9. The summed E-state index contributed by atoms with van der Waals surface area (Å²) in [5.41, 5.74) is 6.42. The minimum atomic E-state index is -3.58. The molecule has 1 aromatic heterocycles. The minimum absolute atomic E-state index is 0.361. The average molecular weight is 572 g/mol. The first-order valence-electron chi connectivity index (χ1n) is 14.3. The summed E-state index contributed by atoms with van der Waals surface area (Å²) in [5.74, 6) is 2.08. The monoisotopic (exact) mass is 571 g/mol. The first-order chi connectivity index (χ1) is 19.8. The number of fused-ring (bicyclic) bond motifs is 2. The molecule has 0 atom stereocenters. The lowest BCUT2D eigenvalue weighted by Crippen LogP contribution is -2.37. The number of nitrogens with one attached hydrogen (secondary N) is 1. The molecule has 2 aliphatic heterocycles. The van der Waals surface area contributed by atoms with Crippen LogP contribution >= 0.6 is 0 Å². The lowest BCUT2D eigenvalue weighted by atomic mass is 9.98. The summed E-state index contributed by atoms with van der Waals surface area (Å²) in [7, 11) is -0.200. The third-order valence-electron chi connectivity index (χ3n) is 8.50. The molecule has 1 saturated heterocycles. The number of hydrogen-bond donors (Lipinski definition) is 1. The van der Waals surface area contributed by atoms with Gasteiger partial charge in [0.2, 0.25) is 10.0 Å². The molecule has 0 spiro atoms. The highest BCUT2D eigenvalue weighted by Crippen LogP contribution is 2.34. The number of methoxy groups -OCH3 is 1. The molecule has 214 valence electrons. The summed E-state index contributed by atoms with van der Waals surface area (Å²) in [5, 5.41) is 4.35. The second kappa shape index (κ2) is 11.4. The standard InChI is InChI=1S/C32H37N5O3S/c1-22-16-26(24-4-7-28(40-3)8-5-24)18-30-31(22)34-21-35-32(30)37-15-12-25-6-9-29(17-27(25)20-37)41(38,39)36(2)19-23-10-13-33-14-11-23/h4-9,16-18,21,23,33H,10-15,19-20H2,1-3H3. The van der Waals surface area contributed by atoms with Crippen molar-refractivity contribution in [1.29, 1.82) is 0 Å². The predicted molar refractivity (Wildman–Crippen MR) is 163 cm³/mol. The average Bonchev–Trinajstić information content (AvgIpc) is 3.00. The topological polar surface area (TPSA) is 87.7 Å². The van der Waals surface area contributed by atoms with Gasteiger partial charge in [0.25, 0.3) is 0 Å². The summed E-state index contributed by atoms with van der Waals surface area (Å²) >= 11 is 0. The fraction of sp³-hybridized carbons (Fsp3) is 0.375. The van der Waals surface area contributed by atoms with Crippen LogP contribution in [0.1, 0.15) is 29.5 Å². The Morgan fingerprint density at radius 1 is 1.00 bits per heavy atom. The van der Waals surface area contributed by atoms with Crippen LogP contribution < -0.4 is 15.0 Å². The van der Waals surface area contributed by atoms with Gasteiger partial charge in [-0.15, -0.1) is 0 Å². The molecule has 3 aromatic carbocycles. The van der Waals surface area contributed by atoms with Crippen LogP contribution in [0.3, 0.4) is 0 Å². The van der Waals surface area contributed by atoms with E-state index in [1.165, 1.54) is 9.87 Å². The van der Waals surface area contributed by atoms with E-state index in [0.717, 1.165) is 83.6 Å². The lowest BCUT2D eigenvalue weighted by molar-refractivity contribution is 0.311. The van der Waals surface area contributed by atoms with E-state index in [-0.39, 0.29) is 0 Å². The third-order valence-corrected chi connectivity index (χ3v) is 10.3. The van der Waals surface area contributed by atoms with Gasteiger partial charge in [-0.3, -0.25) is 0 Å². The Morgan fingerprint density at radius 3 is 2.54 bits per heavy atom. The highest BCUT2D eigenvalue weighted by atomic mass is 32.2. The molecule has 0 bridgehead atoms. The molecule has 2 aliphatic rings. The number of ether oxygens (including phenoxy) is 1. The van der Waals surface area contributed by atoms with Crippen molar-refractivity contribution in [3.63, 3.8) is 0 Å². The fourth-order valence-electron chi connectivity index (χ4n) is 6.11. The molecular formula is C32H37N5O3S. The lowest BCUT2D eigenvalue weighted by Gasteiger charge is -2.31. The van der Waals surface area contributed by atoms with Crippen molar-refractivity contribution in [3.05, 3.63) is 77.6 Å². The van der Waals surface area contributed by atoms with Crippen molar-refractivity contribution in [2.75, 3.05) is 45.2 Å². The van der Waals surface area contributed by atoms with Crippen LogP contribution in [-0.4, -0.2) is 63.0 Å². The number of hydrogen-bond acceptors (Lipinski definition) is 7. The van der Waals surface area contributed by atoms with E-state index in [1.54, 1.807) is 26.6 Å². The van der Waals surface area contributed by atoms with Crippen LogP contribution in [0.2, 0.25) is 0 Å². The molecule has 3 heterocycles. The van der Waals surface area contributed by atoms with E-state index in [9.17, 15) is 8.42 Å². The number of sulfonamides is 1. The Kier molecular flexibility index (Phi) is 7.68. The largest absolute Gasteiger partial charge is 0.497 e. The normalized spacial score (nSPS) is 16.2. The highest BCUT2D eigenvalue weighted by molar-refractivity contribution is 7.89. The Morgan fingerprint density at radius 2 is 1.78 bits per heavy atom. The van der Waals surface area contributed by atoms with Crippen molar-refractivity contribution >= 4 is 26.7 Å². The van der Waals surface area contributed by atoms with Gasteiger partial charge in [-0.1, -0.05) is 18.2 Å². The van der Waals surface area contributed by atoms with E-state index in [1.807, 2.05) is 24.3 Å². The molecule has 0 saturated carbocycles. The minimum Gasteiger partial charge on any atom is -0.497 e. The van der Waals surface area contributed by atoms with Gasteiger partial charge in [-0.05, 0) is 109 Å². The van der Waals surface area contributed by atoms with Crippen LogP contribution in [0.5, 0.6) is 5.75 Å². The number of nitrogens with zero attached hydrogens (tertiary/aromatic N) is 4. The second-order valence-corrected chi connectivity index (χ2v) is 13.2. The van der Waals surface area contributed by atoms with Crippen molar-refractivity contribution in [2.45, 2.75) is 37.6 Å². The SMILES string of the molecule is COc1ccc(-c2cc(C)c3ncnc(N4CCc5ccc(S(=O)(=O)N(C)CC6CCNCC6)cc5C4)c3c2)cc1. The van der Waals surface area contributed by atoms with Gasteiger partial charge in [0.15, 0.2) is 0 Å². The molecule has 0 aliphatic carbocycles. The van der Waals surface area contributed by atoms with Crippen molar-refractivity contribution < 1.29 is 13.2 Å². The first kappa shape index (κ1) is 27.6. The molecule has 0 radical (unpaired) electrons. The maximum absolute atomic E-state index is 13.5. The van der Waals surface area contributed by atoms with Gasteiger partial charge in [0.05, 0.1) is 17.5 Å². The van der Waals surface area contributed by atoms with Crippen molar-refractivity contribution in [3.8, 4) is 16.9 Å². The summed E-state index contributed by atoms with van der Waals surface area (Å²) in [6.07, 6.45) is 4.46. The molecule has 0 unspecified atom stereocenters. The van der Waals surface area contributed by atoms with Crippen LogP contribution in [-0.2, 0) is 23.0 Å². The predicted octanol–water partition coefficient (Wildman–Crippen LogP) is 4.80. The van der Waals surface area contributed by atoms with Gasteiger partial charge in [-0.25, -0.2) is 22.7 Å². The van der Waals surface area contributed by atoms with E-state index in [2.05, 4.69) is 46.4 Å². The van der Waals surface area contributed by atoms with E-state index in [4.69, 9.17) is 9.72 Å². The molecule has 1 N–H and O–H groups in total. The fourth-order valence-corrected chi connectivity index (χ4v) is 7.41. The summed E-state index contributed by atoms with van der Waals surface area (Å²) < 4.78 is 33.9. The van der Waals surface area contributed by atoms with E-state index in [0.29, 0.717) is 23.9 Å². The second-order valence-electron chi connectivity index (χ2n) is 11.2. The molecule has 8 nitrogen and oxygen atoms in total. The number of piperidine rings is 1. The van der Waals surface area contributed by atoms with E-state index < -0.39 is 10.0 Å². The van der Waals surface area contributed by atoms with Crippen LogP contribution in [0.4, 0.5) is 5.82 Å². The summed E-state index contributed by atoms with van der Waals surface area (Å²) in [4.78, 5) is 12.0. The Labute approximate surface area is 242 Å². The Bertz CT molecular complexity index is 1670. The highest BCUT2D eigenvalue weighted by Gasteiger charge is 2.27. The molecule has 9 heteroatoms. The summed E-state index contributed by atoms with van der Waals surface area (Å²) in [6.45, 7) is 5.92. The van der Waals surface area contributed by atoms with Crippen molar-refractivity contribution in [1.82, 2.24) is 19.6 Å².